The lowest BCUT2D eigenvalue weighted by Gasteiger charge is -2.16. The number of nitrogens with one attached hydrogen (secondary N) is 2. The molecule has 21 heavy (non-hydrogen) atoms. The smallest absolute Gasteiger partial charge is 0.243 e. The van der Waals surface area contributed by atoms with Crippen molar-refractivity contribution in [2.75, 3.05) is 25.5 Å². The Hall–Kier alpha value is -1.15. The summed E-state index contributed by atoms with van der Waals surface area (Å²) < 4.78 is 26.4. The first-order chi connectivity index (χ1) is 9.43. The molecule has 1 aromatic rings. The van der Waals surface area contributed by atoms with Crippen LogP contribution in [-0.2, 0) is 14.8 Å². The zero-order valence-corrected chi connectivity index (χ0v) is 13.6. The largest absolute Gasteiger partial charge is 0.326 e. The van der Waals surface area contributed by atoms with Gasteiger partial charge in [0.1, 0.15) is 0 Å². The van der Waals surface area contributed by atoms with Gasteiger partial charge in [-0.15, -0.1) is 12.4 Å². The average Bonchev–Trinajstić information content (AvgIpc) is 2.88. The highest BCUT2D eigenvalue weighted by Crippen LogP contribution is 2.22. The van der Waals surface area contributed by atoms with Crippen molar-refractivity contribution in [1.82, 2.24) is 9.62 Å². The number of hydrogen-bond donors (Lipinski definition) is 2. The second kappa shape index (κ2) is 7.22. The fraction of sp³-hybridized carbons (Fsp3) is 0.462. The summed E-state index contributed by atoms with van der Waals surface area (Å²) in [4.78, 5) is 11.2. The summed E-state index contributed by atoms with van der Waals surface area (Å²) in [7, 11) is -1.61. The van der Waals surface area contributed by atoms with Crippen LogP contribution in [0.25, 0.3) is 0 Å². The molecule has 1 saturated heterocycles. The number of halogens is 1. The van der Waals surface area contributed by atoms with Crippen molar-refractivity contribution < 1.29 is 13.2 Å². The van der Waals surface area contributed by atoms with Crippen molar-refractivity contribution in [3.05, 3.63) is 24.3 Å². The fourth-order valence-electron chi connectivity index (χ4n) is 2.24. The molecule has 1 unspecified atom stereocenters. The minimum absolute atomic E-state index is 0. The van der Waals surface area contributed by atoms with Gasteiger partial charge in [0.25, 0.3) is 0 Å². The Kier molecular flexibility index (Phi) is 6.15. The minimum atomic E-state index is -3.45. The van der Waals surface area contributed by atoms with Gasteiger partial charge in [-0.2, -0.15) is 4.31 Å². The van der Waals surface area contributed by atoms with E-state index < -0.39 is 10.0 Å². The quantitative estimate of drug-likeness (QED) is 0.863. The number of likely N-dealkylation sites (N-methyl/N-ethyl adjacent to an activating group) is 1. The maximum atomic E-state index is 12.4. The molecule has 118 valence electrons. The van der Waals surface area contributed by atoms with Crippen molar-refractivity contribution in [3.8, 4) is 0 Å². The zero-order chi connectivity index (χ0) is 14.8. The molecule has 1 aliphatic heterocycles. The first-order valence-electron chi connectivity index (χ1n) is 6.48. The van der Waals surface area contributed by atoms with Crippen molar-refractivity contribution in [1.29, 1.82) is 0 Å². The molecule has 2 rings (SSSR count). The SMILES string of the molecule is CNC1CCN(S(=O)(=O)c2ccc(NC(C)=O)cc2)C1.Cl. The number of amides is 1. The molecule has 1 atom stereocenters. The summed E-state index contributed by atoms with van der Waals surface area (Å²) >= 11 is 0. The third-order valence-electron chi connectivity index (χ3n) is 3.37. The first-order valence-corrected chi connectivity index (χ1v) is 7.92. The Balaban J connectivity index is 0.00000220. The third-order valence-corrected chi connectivity index (χ3v) is 5.25. The topological polar surface area (TPSA) is 78.5 Å². The predicted molar refractivity (Wildman–Crippen MR) is 84.2 cm³/mol. The van der Waals surface area contributed by atoms with Crippen molar-refractivity contribution >= 4 is 34.0 Å². The maximum absolute atomic E-state index is 12.4. The molecule has 1 aliphatic rings. The van der Waals surface area contributed by atoms with Gasteiger partial charge >= 0.3 is 0 Å². The van der Waals surface area contributed by atoms with Gasteiger partial charge in [0, 0.05) is 31.7 Å². The summed E-state index contributed by atoms with van der Waals surface area (Å²) in [6.45, 7) is 2.43. The second-order valence-corrected chi connectivity index (χ2v) is 6.78. The molecule has 6 nitrogen and oxygen atoms in total. The van der Waals surface area contributed by atoms with Gasteiger partial charge in [-0.1, -0.05) is 0 Å². The Labute approximate surface area is 131 Å². The Morgan fingerprint density at radius 1 is 1.29 bits per heavy atom. The minimum Gasteiger partial charge on any atom is -0.326 e. The van der Waals surface area contributed by atoms with Crippen LogP contribution in [0.15, 0.2) is 29.2 Å². The van der Waals surface area contributed by atoms with Crippen molar-refractivity contribution in [2.24, 2.45) is 0 Å². The summed E-state index contributed by atoms with van der Waals surface area (Å²) in [5.41, 5.74) is 0.589. The summed E-state index contributed by atoms with van der Waals surface area (Å²) in [6.07, 6.45) is 0.819. The molecule has 0 aromatic heterocycles. The molecule has 0 saturated carbocycles. The van der Waals surface area contributed by atoms with Crippen LogP contribution in [0.3, 0.4) is 0 Å². The maximum Gasteiger partial charge on any atom is 0.243 e. The number of sulfonamides is 1. The number of benzene rings is 1. The number of nitrogens with zero attached hydrogens (tertiary/aromatic N) is 1. The molecule has 0 aliphatic carbocycles. The van der Waals surface area contributed by atoms with E-state index in [1.54, 1.807) is 12.1 Å². The molecule has 0 radical (unpaired) electrons. The van der Waals surface area contributed by atoms with Crippen LogP contribution in [0.1, 0.15) is 13.3 Å². The summed E-state index contributed by atoms with van der Waals surface area (Å²) in [5.74, 6) is -0.183. The number of rotatable bonds is 4. The lowest BCUT2D eigenvalue weighted by atomic mass is 10.3. The predicted octanol–water partition coefficient (Wildman–Crippen LogP) is 1.05. The van der Waals surface area contributed by atoms with E-state index in [1.165, 1.54) is 23.4 Å². The van der Waals surface area contributed by atoms with E-state index in [1.807, 2.05) is 7.05 Å². The molecule has 8 heteroatoms. The zero-order valence-electron chi connectivity index (χ0n) is 12.0. The van der Waals surface area contributed by atoms with Gasteiger partial charge in [0.15, 0.2) is 0 Å². The molecule has 1 amide bonds. The van der Waals surface area contributed by atoms with E-state index in [2.05, 4.69) is 10.6 Å². The average molecular weight is 334 g/mol. The van der Waals surface area contributed by atoms with Crippen molar-refractivity contribution in [3.63, 3.8) is 0 Å². The first kappa shape index (κ1) is 17.9. The summed E-state index contributed by atoms with van der Waals surface area (Å²) in [5, 5.41) is 5.71. The van der Waals surface area contributed by atoms with E-state index >= 15 is 0 Å². The highest BCUT2D eigenvalue weighted by molar-refractivity contribution is 7.89. The molecule has 0 bridgehead atoms. The molecular formula is C13H20ClN3O3S. The van der Waals surface area contributed by atoms with E-state index in [0.29, 0.717) is 18.8 Å². The Bertz CT molecular complexity index is 589. The van der Waals surface area contributed by atoms with Gasteiger partial charge in [0.2, 0.25) is 15.9 Å². The van der Waals surface area contributed by atoms with Crippen LogP contribution < -0.4 is 10.6 Å². The molecule has 1 heterocycles. The highest BCUT2D eigenvalue weighted by atomic mass is 35.5. The van der Waals surface area contributed by atoms with Crippen LogP contribution >= 0.6 is 12.4 Å². The van der Waals surface area contributed by atoms with Crippen LogP contribution in [0.2, 0.25) is 0 Å². The van der Waals surface area contributed by atoms with Gasteiger partial charge in [-0.05, 0) is 37.7 Å². The van der Waals surface area contributed by atoms with E-state index in [-0.39, 0.29) is 29.3 Å². The van der Waals surface area contributed by atoms with Gasteiger partial charge in [-0.25, -0.2) is 8.42 Å². The Morgan fingerprint density at radius 2 is 1.90 bits per heavy atom. The molecule has 1 fully saturated rings. The fourth-order valence-corrected chi connectivity index (χ4v) is 3.74. The van der Waals surface area contributed by atoms with E-state index in [0.717, 1.165) is 6.42 Å². The lowest BCUT2D eigenvalue weighted by Crippen LogP contribution is -2.33. The van der Waals surface area contributed by atoms with Gasteiger partial charge < -0.3 is 10.6 Å². The molecule has 0 spiro atoms. The normalized spacial score (nSPS) is 19.0. The highest BCUT2D eigenvalue weighted by Gasteiger charge is 2.31. The number of carbonyl (C=O) groups excluding carboxylic acids is 1. The second-order valence-electron chi connectivity index (χ2n) is 4.84. The Morgan fingerprint density at radius 3 is 2.38 bits per heavy atom. The molecule has 1 aromatic carbocycles. The number of anilines is 1. The summed E-state index contributed by atoms with van der Waals surface area (Å²) in [6, 6.07) is 6.45. The van der Waals surface area contributed by atoms with E-state index in [9.17, 15) is 13.2 Å². The van der Waals surface area contributed by atoms with E-state index in [4.69, 9.17) is 0 Å². The van der Waals surface area contributed by atoms with Crippen LogP contribution in [0.4, 0.5) is 5.69 Å². The van der Waals surface area contributed by atoms with Crippen LogP contribution in [0, 0.1) is 0 Å². The van der Waals surface area contributed by atoms with Gasteiger partial charge in [0.05, 0.1) is 4.90 Å². The monoisotopic (exact) mass is 333 g/mol. The molecule has 2 N–H and O–H groups in total. The van der Waals surface area contributed by atoms with Crippen LogP contribution in [-0.4, -0.2) is 44.8 Å². The number of hydrogen-bond acceptors (Lipinski definition) is 4. The molecular weight excluding hydrogens is 314 g/mol. The third kappa shape index (κ3) is 4.16. The lowest BCUT2D eigenvalue weighted by molar-refractivity contribution is -0.114. The standard InChI is InChI=1S/C13H19N3O3S.ClH/c1-10(17)15-11-3-5-13(6-4-11)20(18,19)16-8-7-12(9-16)14-2;/h3-6,12,14H,7-9H2,1-2H3,(H,15,17);1H. The van der Waals surface area contributed by atoms with Gasteiger partial charge in [-0.3, -0.25) is 4.79 Å². The van der Waals surface area contributed by atoms with Crippen molar-refractivity contribution in [2.45, 2.75) is 24.3 Å². The number of carbonyl (C=O) groups is 1. The van der Waals surface area contributed by atoms with Crippen LogP contribution in [0.5, 0.6) is 0 Å².